The van der Waals surface area contributed by atoms with E-state index in [1.807, 2.05) is 17.9 Å². The molecular formula is C12H20N2O. The Morgan fingerprint density at radius 2 is 1.87 bits per heavy atom. The van der Waals surface area contributed by atoms with Crippen LogP contribution in [-0.4, -0.2) is 23.9 Å². The minimum Gasteiger partial charge on any atom is -0.402 e. The maximum Gasteiger partial charge on any atom is 0.255 e. The van der Waals surface area contributed by atoms with Gasteiger partial charge in [0.2, 0.25) is 0 Å². The monoisotopic (exact) mass is 208 g/mol. The molecule has 0 bridgehead atoms. The van der Waals surface area contributed by atoms with Crippen LogP contribution in [0.25, 0.3) is 0 Å². The first-order chi connectivity index (χ1) is 7.16. The zero-order chi connectivity index (χ0) is 11.3. The lowest BCUT2D eigenvalue weighted by Gasteiger charge is -2.27. The predicted molar refractivity (Wildman–Crippen MR) is 62.1 cm³/mol. The smallest absolute Gasteiger partial charge is 0.255 e. The molecule has 0 aromatic heterocycles. The first kappa shape index (κ1) is 11.8. The molecule has 84 valence electrons. The molecule has 15 heavy (non-hydrogen) atoms. The Kier molecular flexibility index (Phi) is 4.40. The summed E-state index contributed by atoms with van der Waals surface area (Å²) >= 11 is 0. The van der Waals surface area contributed by atoms with Gasteiger partial charge >= 0.3 is 0 Å². The molecular weight excluding hydrogens is 188 g/mol. The molecule has 2 N–H and O–H groups in total. The van der Waals surface area contributed by atoms with Gasteiger partial charge in [0.05, 0.1) is 5.57 Å². The van der Waals surface area contributed by atoms with Crippen molar-refractivity contribution in [2.45, 2.75) is 33.1 Å². The largest absolute Gasteiger partial charge is 0.402 e. The number of nitrogens with two attached hydrogens (primary N) is 1. The number of carbonyl (C=O) groups is 1. The summed E-state index contributed by atoms with van der Waals surface area (Å²) in [6, 6.07) is 0. The molecule has 1 heterocycles. The Balaban J connectivity index is 2.76. The van der Waals surface area contributed by atoms with Crippen molar-refractivity contribution in [2.24, 2.45) is 5.73 Å². The highest BCUT2D eigenvalue weighted by Gasteiger charge is 2.19. The van der Waals surface area contributed by atoms with Gasteiger partial charge in [-0.05, 0) is 33.1 Å². The van der Waals surface area contributed by atoms with E-state index in [9.17, 15) is 4.79 Å². The third-order valence-electron chi connectivity index (χ3n) is 2.63. The molecule has 1 rings (SSSR count). The summed E-state index contributed by atoms with van der Waals surface area (Å²) in [4.78, 5) is 14.0. The van der Waals surface area contributed by atoms with E-state index >= 15 is 0 Å². The fraction of sp³-hybridized carbons (Fsp3) is 0.583. The Hall–Kier alpha value is -1.25. The van der Waals surface area contributed by atoms with E-state index in [2.05, 4.69) is 0 Å². The van der Waals surface area contributed by atoms with Crippen molar-refractivity contribution in [1.29, 1.82) is 0 Å². The second-order valence-electron chi connectivity index (χ2n) is 3.95. The lowest BCUT2D eigenvalue weighted by Crippen LogP contribution is -2.36. The number of rotatable bonds is 2. The quantitative estimate of drug-likeness (QED) is 0.555. The summed E-state index contributed by atoms with van der Waals surface area (Å²) in [5.74, 6) is 0.0767. The molecule has 0 radical (unpaired) electrons. The average molecular weight is 208 g/mol. The number of hydrogen-bond acceptors (Lipinski definition) is 2. The fourth-order valence-electron chi connectivity index (χ4n) is 1.81. The van der Waals surface area contributed by atoms with Gasteiger partial charge in [0.1, 0.15) is 0 Å². The van der Waals surface area contributed by atoms with Gasteiger partial charge in [-0.25, -0.2) is 0 Å². The third-order valence-corrected chi connectivity index (χ3v) is 2.63. The summed E-state index contributed by atoms with van der Waals surface area (Å²) in [5, 5.41) is 0. The number of allylic oxidation sites excluding steroid dienone is 2. The standard InChI is InChI=1S/C12H20N2O/c1-3-7-11(10(2)13)12(15)14-8-5-4-6-9-14/h3,7H,4-6,8-9,13H2,1-2H3/b7-3-,11-10-. The molecule has 1 saturated heterocycles. The van der Waals surface area contributed by atoms with Crippen molar-refractivity contribution in [3.8, 4) is 0 Å². The zero-order valence-corrected chi connectivity index (χ0v) is 9.62. The minimum absolute atomic E-state index is 0.0767. The lowest BCUT2D eigenvalue weighted by atomic mass is 10.1. The van der Waals surface area contributed by atoms with Gasteiger partial charge in [-0.3, -0.25) is 4.79 Å². The van der Waals surface area contributed by atoms with E-state index in [-0.39, 0.29) is 5.91 Å². The number of piperidine rings is 1. The molecule has 3 heteroatoms. The van der Waals surface area contributed by atoms with Gasteiger partial charge in [0.25, 0.3) is 5.91 Å². The number of carbonyl (C=O) groups excluding carboxylic acids is 1. The molecule has 0 spiro atoms. The minimum atomic E-state index is 0.0767. The van der Waals surface area contributed by atoms with Crippen LogP contribution in [0.5, 0.6) is 0 Å². The number of likely N-dealkylation sites (tertiary alicyclic amines) is 1. The van der Waals surface area contributed by atoms with Gasteiger partial charge in [-0.2, -0.15) is 0 Å². The summed E-state index contributed by atoms with van der Waals surface area (Å²) in [6.45, 7) is 5.41. The van der Waals surface area contributed by atoms with Crippen LogP contribution in [0.1, 0.15) is 33.1 Å². The second kappa shape index (κ2) is 5.59. The van der Waals surface area contributed by atoms with E-state index in [4.69, 9.17) is 5.73 Å². The van der Waals surface area contributed by atoms with Crippen LogP contribution in [0.4, 0.5) is 0 Å². The van der Waals surface area contributed by atoms with E-state index in [0.29, 0.717) is 11.3 Å². The van der Waals surface area contributed by atoms with Crippen LogP contribution >= 0.6 is 0 Å². The molecule has 3 nitrogen and oxygen atoms in total. The summed E-state index contributed by atoms with van der Waals surface area (Å²) in [7, 11) is 0. The molecule has 0 aromatic rings. The average Bonchev–Trinajstić information content (AvgIpc) is 2.26. The zero-order valence-electron chi connectivity index (χ0n) is 9.62. The van der Waals surface area contributed by atoms with Crippen LogP contribution < -0.4 is 5.73 Å². The van der Waals surface area contributed by atoms with Crippen molar-refractivity contribution in [3.63, 3.8) is 0 Å². The summed E-state index contributed by atoms with van der Waals surface area (Å²) < 4.78 is 0. The molecule has 0 atom stereocenters. The Bertz CT molecular complexity index is 282. The van der Waals surface area contributed by atoms with Crippen molar-refractivity contribution in [2.75, 3.05) is 13.1 Å². The molecule has 1 aliphatic rings. The first-order valence-electron chi connectivity index (χ1n) is 5.55. The Morgan fingerprint density at radius 1 is 1.27 bits per heavy atom. The molecule has 0 aromatic carbocycles. The van der Waals surface area contributed by atoms with Crippen molar-refractivity contribution in [3.05, 3.63) is 23.4 Å². The van der Waals surface area contributed by atoms with E-state index in [1.54, 1.807) is 13.0 Å². The highest BCUT2D eigenvalue weighted by atomic mass is 16.2. The van der Waals surface area contributed by atoms with Crippen LogP contribution in [0, 0.1) is 0 Å². The van der Waals surface area contributed by atoms with Gasteiger partial charge < -0.3 is 10.6 Å². The molecule has 1 aliphatic heterocycles. The van der Waals surface area contributed by atoms with E-state index in [0.717, 1.165) is 25.9 Å². The SMILES string of the molecule is C/C=C\C(C(=O)N1CCCCC1)=C(/C)N. The van der Waals surface area contributed by atoms with E-state index in [1.165, 1.54) is 6.42 Å². The maximum atomic E-state index is 12.1. The van der Waals surface area contributed by atoms with Gasteiger partial charge in [-0.15, -0.1) is 0 Å². The normalized spacial score (nSPS) is 19.2. The van der Waals surface area contributed by atoms with Gasteiger partial charge in [-0.1, -0.05) is 12.2 Å². The number of amides is 1. The van der Waals surface area contributed by atoms with Crippen LogP contribution in [0.3, 0.4) is 0 Å². The first-order valence-corrected chi connectivity index (χ1v) is 5.55. The number of nitrogens with zero attached hydrogens (tertiary/aromatic N) is 1. The van der Waals surface area contributed by atoms with Crippen molar-refractivity contribution >= 4 is 5.91 Å². The summed E-state index contributed by atoms with van der Waals surface area (Å²) in [5.41, 5.74) is 6.95. The van der Waals surface area contributed by atoms with Crippen molar-refractivity contribution < 1.29 is 4.79 Å². The predicted octanol–water partition coefficient (Wildman–Crippen LogP) is 1.81. The van der Waals surface area contributed by atoms with Crippen LogP contribution in [0.2, 0.25) is 0 Å². The van der Waals surface area contributed by atoms with Crippen molar-refractivity contribution in [1.82, 2.24) is 4.90 Å². The lowest BCUT2D eigenvalue weighted by molar-refractivity contribution is -0.127. The third kappa shape index (κ3) is 3.11. The Morgan fingerprint density at radius 3 is 2.33 bits per heavy atom. The maximum absolute atomic E-state index is 12.1. The fourth-order valence-corrected chi connectivity index (χ4v) is 1.81. The Labute approximate surface area is 91.6 Å². The molecule has 0 unspecified atom stereocenters. The molecule has 0 saturated carbocycles. The van der Waals surface area contributed by atoms with Crippen LogP contribution in [-0.2, 0) is 4.79 Å². The molecule has 0 aliphatic carbocycles. The molecule has 1 fully saturated rings. The van der Waals surface area contributed by atoms with Crippen LogP contribution in [0.15, 0.2) is 23.4 Å². The van der Waals surface area contributed by atoms with E-state index < -0.39 is 0 Å². The summed E-state index contributed by atoms with van der Waals surface area (Å²) in [6.07, 6.45) is 7.10. The van der Waals surface area contributed by atoms with Gasteiger partial charge in [0, 0.05) is 18.8 Å². The molecule has 1 amide bonds. The number of hydrogen-bond donors (Lipinski definition) is 1. The second-order valence-corrected chi connectivity index (χ2v) is 3.95. The topological polar surface area (TPSA) is 46.3 Å². The highest BCUT2D eigenvalue weighted by Crippen LogP contribution is 2.14. The highest BCUT2D eigenvalue weighted by molar-refractivity contribution is 5.96. The van der Waals surface area contributed by atoms with Gasteiger partial charge in [0.15, 0.2) is 0 Å².